The Hall–Kier alpha value is -1.10. The molecule has 2 unspecified atom stereocenters. The van der Waals surface area contributed by atoms with Crippen LogP contribution in [0.3, 0.4) is 0 Å². The van der Waals surface area contributed by atoms with E-state index in [9.17, 15) is 0 Å². The smallest absolute Gasteiger partial charge is 0.318 e. The number of nitrogens with zero attached hydrogens (tertiary/aromatic N) is 3. The highest BCUT2D eigenvalue weighted by Gasteiger charge is 2.26. The third kappa shape index (κ3) is 2.35. The van der Waals surface area contributed by atoms with E-state index in [1.165, 1.54) is 12.8 Å². The highest BCUT2D eigenvalue weighted by molar-refractivity contribution is 5.27. The molecule has 1 fully saturated rings. The average Bonchev–Trinajstić information content (AvgIpc) is 2.71. The van der Waals surface area contributed by atoms with Crippen molar-refractivity contribution in [3.63, 3.8) is 0 Å². The monoisotopic (exact) mass is 224 g/mol. The molecule has 0 bridgehead atoms. The molecule has 0 aromatic carbocycles. The van der Waals surface area contributed by atoms with Crippen LogP contribution in [0.5, 0.6) is 0 Å². The Labute approximate surface area is 96.2 Å². The number of rotatable bonds is 3. The first-order valence-electron chi connectivity index (χ1n) is 5.94. The normalized spacial score (nSPS) is 26.1. The maximum Gasteiger partial charge on any atom is 0.318 e. The van der Waals surface area contributed by atoms with Gasteiger partial charge in [0.25, 0.3) is 0 Å². The summed E-state index contributed by atoms with van der Waals surface area (Å²) in [6, 6.07) is 1.17. The summed E-state index contributed by atoms with van der Waals surface area (Å²) in [5, 5.41) is 11.1. The maximum absolute atomic E-state index is 5.62. The molecule has 1 aliphatic heterocycles. The first-order chi connectivity index (χ1) is 7.70. The minimum atomic E-state index is 0.499. The molecule has 0 saturated carbocycles. The Balaban J connectivity index is 2.08. The van der Waals surface area contributed by atoms with Gasteiger partial charge in [-0.25, -0.2) is 0 Å². The van der Waals surface area contributed by atoms with E-state index in [-0.39, 0.29) is 0 Å². The van der Waals surface area contributed by atoms with Gasteiger partial charge < -0.3 is 14.6 Å². The van der Waals surface area contributed by atoms with Crippen LogP contribution in [0.1, 0.15) is 32.6 Å². The second-order valence-corrected chi connectivity index (χ2v) is 4.69. The number of anilines is 1. The molecule has 2 atom stereocenters. The van der Waals surface area contributed by atoms with Crippen LogP contribution in [0.15, 0.2) is 4.42 Å². The molecule has 2 heterocycles. The van der Waals surface area contributed by atoms with Gasteiger partial charge in [0.15, 0.2) is 0 Å². The van der Waals surface area contributed by atoms with Gasteiger partial charge in [-0.3, -0.25) is 0 Å². The van der Waals surface area contributed by atoms with E-state index in [0.717, 1.165) is 6.54 Å². The van der Waals surface area contributed by atoms with E-state index in [1.54, 1.807) is 0 Å². The number of nitrogens with one attached hydrogen (secondary N) is 1. The summed E-state index contributed by atoms with van der Waals surface area (Å²) in [4.78, 5) is 2.22. The maximum atomic E-state index is 5.62. The zero-order valence-corrected chi connectivity index (χ0v) is 10.2. The quantitative estimate of drug-likeness (QED) is 0.841. The van der Waals surface area contributed by atoms with Crippen molar-refractivity contribution < 1.29 is 4.42 Å². The van der Waals surface area contributed by atoms with Crippen molar-refractivity contribution in [2.24, 2.45) is 5.92 Å². The molecule has 5 nitrogen and oxygen atoms in total. The minimum absolute atomic E-state index is 0.499. The minimum Gasteiger partial charge on any atom is -0.407 e. The van der Waals surface area contributed by atoms with Crippen molar-refractivity contribution in [3.8, 4) is 0 Å². The van der Waals surface area contributed by atoms with Crippen molar-refractivity contribution in [2.75, 3.05) is 18.5 Å². The predicted molar refractivity (Wildman–Crippen MR) is 62.3 cm³/mol. The van der Waals surface area contributed by atoms with Gasteiger partial charge in [0.2, 0.25) is 5.89 Å². The van der Waals surface area contributed by atoms with Crippen LogP contribution in [0.25, 0.3) is 0 Å². The fourth-order valence-corrected chi connectivity index (χ4v) is 2.14. The number of hydrogen-bond donors (Lipinski definition) is 1. The lowest BCUT2D eigenvalue weighted by Crippen LogP contribution is -2.41. The van der Waals surface area contributed by atoms with E-state index >= 15 is 0 Å². The SMILES string of the molecule is CNCc1nnc(N2CC(C)CCC2C)o1. The largest absolute Gasteiger partial charge is 0.407 e. The molecular formula is C11H20N4O. The lowest BCUT2D eigenvalue weighted by atomic mass is 9.96. The summed E-state index contributed by atoms with van der Waals surface area (Å²) in [6.07, 6.45) is 2.49. The number of hydrogen-bond acceptors (Lipinski definition) is 5. The fourth-order valence-electron chi connectivity index (χ4n) is 2.14. The summed E-state index contributed by atoms with van der Waals surface area (Å²) in [5.74, 6) is 1.36. The average molecular weight is 224 g/mol. The van der Waals surface area contributed by atoms with Gasteiger partial charge in [-0.15, -0.1) is 5.10 Å². The molecule has 1 aliphatic rings. The summed E-state index contributed by atoms with van der Waals surface area (Å²) < 4.78 is 5.62. The first-order valence-corrected chi connectivity index (χ1v) is 5.94. The number of aromatic nitrogens is 2. The molecule has 0 aliphatic carbocycles. The van der Waals surface area contributed by atoms with Gasteiger partial charge in [-0.2, -0.15) is 0 Å². The zero-order valence-electron chi connectivity index (χ0n) is 10.2. The summed E-state index contributed by atoms with van der Waals surface area (Å²) in [6.45, 7) is 6.13. The Morgan fingerprint density at radius 1 is 1.38 bits per heavy atom. The Bertz CT molecular complexity index is 338. The van der Waals surface area contributed by atoms with Crippen LogP contribution in [0.2, 0.25) is 0 Å². The van der Waals surface area contributed by atoms with Crippen LogP contribution in [0.4, 0.5) is 6.01 Å². The molecule has 16 heavy (non-hydrogen) atoms. The highest BCUT2D eigenvalue weighted by Crippen LogP contribution is 2.26. The molecule has 0 spiro atoms. The van der Waals surface area contributed by atoms with E-state index < -0.39 is 0 Å². The standard InChI is InChI=1S/C11H20N4O/c1-8-4-5-9(2)15(7-8)11-14-13-10(16-11)6-12-3/h8-9,12H,4-7H2,1-3H3. The lowest BCUT2D eigenvalue weighted by molar-refractivity contribution is 0.359. The van der Waals surface area contributed by atoms with Crippen LogP contribution >= 0.6 is 0 Å². The zero-order chi connectivity index (χ0) is 11.5. The second-order valence-electron chi connectivity index (χ2n) is 4.69. The molecule has 1 saturated heterocycles. The van der Waals surface area contributed by atoms with Crippen molar-refractivity contribution >= 4 is 6.01 Å². The molecule has 1 N–H and O–H groups in total. The van der Waals surface area contributed by atoms with Crippen LogP contribution < -0.4 is 10.2 Å². The Kier molecular flexibility index (Phi) is 3.43. The highest BCUT2D eigenvalue weighted by atomic mass is 16.4. The lowest BCUT2D eigenvalue weighted by Gasteiger charge is -2.35. The van der Waals surface area contributed by atoms with Crippen molar-refractivity contribution in [3.05, 3.63) is 5.89 Å². The molecule has 1 aromatic heterocycles. The van der Waals surface area contributed by atoms with E-state index in [2.05, 4.69) is 34.3 Å². The van der Waals surface area contributed by atoms with Crippen molar-refractivity contribution in [2.45, 2.75) is 39.3 Å². The second kappa shape index (κ2) is 4.82. The Morgan fingerprint density at radius 2 is 2.19 bits per heavy atom. The van der Waals surface area contributed by atoms with Gasteiger partial charge in [0.05, 0.1) is 6.54 Å². The molecule has 1 aromatic rings. The van der Waals surface area contributed by atoms with Gasteiger partial charge >= 0.3 is 6.01 Å². The molecule has 0 radical (unpaired) electrons. The van der Waals surface area contributed by atoms with Gasteiger partial charge in [0, 0.05) is 12.6 Å². The topological polar surface area (TPSA) is 54.2 Å². The summed E-state index contributed by atoms with van der Waals surface area (Å²) in [5.41, 5.74) is 0. The van der Waals surface area contributed by atoms with E-state index in [4.69, 9.17) is 4.42 Å². The first kappa shape index (κ1) is 11.4. The van der Waals surface area contributed by atoms with Gasteiger partial charge in [-0.05, 0) is 32.7 Å². The molecule has 5 heteroatoms. The third-order valence-electron chi connectivity index (χ3n) is 3.15. The summed E-state index contributed by atoms with van der Waals surface area (Å²) in [7, 11) is 1.87. The van der Waals surface area contributed by atoms with Crippen LogP contribution in [-0.2, 0) is 6.54 Å². The number of piperidine rings is 1. The molecule has 2 rings (SSSR count). The predicted octanol–water partition coefficient (Wildman–Crippen LogP) is 1.41. The van der Waals surface area contributed by atoms with Crippen LogP contribution in [0, 0.1) is 5.92 Å². The third-order valence-corrected chi connectivity index (χ3v) is 3.15. The van der Waals surface area contributed by atoms with Crippen molar-refractivity contribution in [1.29, 1.82) is 0 Å². The molecule has 0 amide bonds. The molecule has 90 valence electrons. The van der Waals surface area contributed by atoms with E-state index in [0.29, 0.717) is 30.4 Å². The van der Waals surface area contributed by atoms with Gasteiger partial charge in [-0.1, -0.05) is 12.0 Å². The van der Waals surface area contributed by atoms with Gasteiger partial charge in [0.1, 0.15) is 0 Å². The fraction of sp³-hybridized carbons (Fsp3) is 0.818. The Morgan fingerprint density at radius 3 is 2.94 bits per heavy atom. The van der Waals surface area contributed by atoms with Crippen molar-refractivity contribution in [1.82, 2.24) is 15.5 Å². The van der Waals surface area contributed by atoms with E-state index in [1.807, 2.05) is 7.05 Å². The summed E-state index contributed by atoms with van der Waals surface area (Å²) >= 11 is 0. The molecular weight excluding hydrogens is 204 g/mol. The van der Waals surface area contributed by atoms with Crippen LogP contribution in [-0.4, -0.2) is 29.8 Å².